The third kappa shape index (κ3) is 3.46. The minimum absolute atomic E-state index is 0.0946. The Bertz CT molecular complexity index is 756. The number of ether oxygens (including phenoxy) is 3. The second kappa shape index (κ2) is 7.91. The number of hydrogen-bond donors (Lipinski definition) is 0. The van der Waals surface area contributed by atoms with E-state index in [4.69, 9.17) is 14.2 Å². The number of amides is 1. The number of benzene rings is 2. The van der Waals surface area contributed by atoms with Crippen LogP contribution in [0.3, 0.4) is 0 Å². The lowest BCUT2D eigenvalue weighted by Crippen LogP contribution is -2.29. The maximum atomic E-state index is 12.7. The molecule has 1 heterocycles. The zero-order valence-corrected chi connectivity index (χ0v) is 16.2. The topological polar surface area (TPSA) is 48.0 Å². The molecule has 1 aliphatic heterocycles. The van der Waals surface area contributed by atoms with Crippen molar-refractivity contribution in [1.29, 1.82) is 0 Å². The van der Waals surface area contributed by atoms with Crippen molar-refractivity contribution < 1.29 is 19.0 Å². The minimum atomic E-state index is -0.105. The smallest absolute Gasteiger partial charge is 0.236 e. The molecule has 2 aromatic rings. The van der Waals surface area contributed by atoms with Gasteiger partial charge in [-0.1, -0.05) is 30.3 Å². The number of rotatable bonds is 6. The maximum absolute atomic E-state index is 12.7. The Hall–Kier alpha value is -2.34. The third-order valence-corrected chi connectivity index (χ3v) is 5.81. The number of hydrogen-bond acceptors (Lipinski definition) is 5. The van der Waals surface area contributed by atoms with Gasteiger partial charge in [-0.05, 0) is 30.2 Å². The summed E-state index contributed by atoms with van der Waals surface area (Å²) in [5.74, 6) is 1.87. The van der Waals surface area contributed by atoms with Crippen molar-refractivity contribution in [2.75, 3.05) is 21.3 Å². The van der Waals surface area contributed by atoms with Gasteiger partial charge in [-0.25, -0.2) is 0 Å². The Morgan fingerprint density at radius 2 is 1.62 bits per heavy atom. The van der Waals surface area contributed by atoms with E-state index in [1.54, 1.807) is 33.1 Å². The highest BCUT2D eigenvalue weighted by molar-refractivity contribution is 8.01. The van der Waals surface area contributed by atoms with Crippen LogP contribution >= 0.6 is 11.8 Å². The first-order valence-corrected chi connectivity index (χ1v) is 9.33. The molecule has 0 bridgehead atoms. The van der Waals surface area contributed by atoms with Gasteiger partial charge >= 0.3 is 0 Å². The molecule has 0 radical (unpaired) electrons. The zero-order valence-electron chi connectivity index (χ0n) is 15.4. The second-order valence-electron chi connectivity index (χ2n) is 6.04. The number of nitrogens with zero attached hydrogens (tertiary/aromatic N) is 1. The van der Waals surface area contributed by atoms with Crippen LogP contribution in [0.5, 0.6) is 17.2 Å². The molecule has 2 atom stereocenters. The fourth-order valence-corrected chi connectivity index (χ4v) is 4.37. The summed E-state index contributed by atoms with van der Waals surface area (Å²) in [6.45, 7) is 2.52. The van der Waals surface area contributed by atoms with Crippen LogP contribution in [0.2, 0.25) is 0 Å². The summed E-state index contributed by atoms with van der Waals surface area (Å²) in [7, 11) is 4.77. The Kier molecular flexibility index (Phi) is 5.61. The lowest BCUT2D eigenvalue weighted by atomic mass is 10.1. The van der Waals surface area contributed by atoms with Crippen molar-refractivity contribution in [3.05, 3.63) is 53.6 Å². The monoisotopic (exact) mass is 373 g/mol. The largest absolute Gasteiger partial charge is 0.493 e. The molecule has 0 aromatic heterocycles. The summed E-state index contributed by atoms with van der Waals surface area (Å²) in [4.78, 5) is 14.7. The number of methoxy groups -OCH3 is 3. The van der Waals surface area contributed by atoms with Gasteiger partial charge in [0.25, 0.3) is 0 Å². The molecule has 5 nitrogen and oxygen atoms in total. The normalized spacial score (nSPS) is 19.5. The summed E-state index contributed by atoms with van der Waals surface area (Å²) >= 11 is 1.63. The third-order valence-electron chi connectivity index (χ3n) is 4.41. The van der Waals surface area contributed by atoms with E-state index in [1.807, 2.05) is 54.3 Å². The first-order chi connectivity index (χ1) is 12.6. The molecular formula is C20H23NO4S. The van der Waals surface area contributed by atoms with Gasteiger partial charge < -0.3 is 19.1 Å². The average Bonchev–Trinajstić information content (AvgIpc) is 2.96. The van der Waals surface area contributed by atoms with Gasteiger partial charge in [-0.15, -0.1) is 11.8 Å². The quantitative estimate of drug-likeness (QED) is 0.769. The summed E-state index contributed by atoms with van der Waals surface area (Å²) in [6, 6.07) is 13.9. The predicted molar refractivity (Wildman–Crippen MR) is 103 cm³/mol. The molecule has 138 valence electrons. The first kappa shape index (κ1) is 18.5. The molecule has 0 spiro atoms. The van der Waals surface area contributed by atoms with Crippen LogP contribution in [0.25, 0.3) is 0 Å². The van der Waals surface area contributed by atoms with Crippen molar-refractivity contribution >= 4 is 17.7 Å². The Morgan fingerprint density at radius 3 is 2.15 bits per heavy atom. The lowest BCUT2D eigenvalue weighted by molar-refractivity contribution is -0.130. The van der Waals surface area contributed by atoms with Gasteiger partial charge in [0.05, 0.1) is 26.6 Å². The maximum Gasteiger partial charge on any atom is 0.236 e. The first-order valence-electron chi connectivity index (χ1n) is 8.38. The van der Waals surface area contributed by atoms with E-state index in [0.717, 1.165) is 11.1 Å². The fourth-order valence-electron chi connectivity index (χ4n) is 3.12. The van der Waals surface area contributed by atoms with Crippen LogP contribution in [-0.4, -0.2) is 37.4 Å². The molecule has 0 N–H and O–H groups in total. The van der Waals surface area contributed by atoms with Crippen molar-refractivity contribution in [2.45, 2.75) is 24.1 Å². The highest BCUT2D eigenvalue weighted by atomic mass is 32.2. The van der Waals surface area contributed by atoms with Crippen LogP contribution in [0.4, 0.5) is 0 Å². The van der Waals surface area contributed by atoms with Crippen LogP contribution < -0.4 is 14.2 Å². The van der Waals surface area contributed by atoms with Crippen LogP contribution in [-0.2, 0) is 11.3 Å². The molecule has 2 aromatic carbocycles. The molecule has 1 saturated heterocycles. The van der Waals surface area contributed by atoms with E-state index in [9.17, 15) is 4.79 Å². The van der Waals surface area contributed by atoms with Gasteiger partial charge in [-0.2, -0.15) is 0 Å². The van der Waals surface area contributed by atoms with Gasteiger partial charge in [0.1, 0.15) is 5.37 Å². The van der Waals surface area contributed by atoms with Crippen LogP contribution in [0, 0.1) is 0 Å². The SMILES string of the molecule is COc1cc(C2SC(C)C(=O)N2Cc2ccccc2)cc(OC)c1OC. The van der Waals surface area contributed by atoms with E-state index >= 15 is 0 Å². The molecule has 3 rings (SSSR count). The van der Waals surface area contributed by atoms with Crippen molar-refractivity contribution in [2.24, 2.45) is 0 Å². The molecule has 0 saturated carbocycles. The van der Waals surface area contributed by atoms with Gasteiger partial charge in [-0.3, -0.25) is 4.79 Å². The highest BCUT2D eigenvalue weighted by Crippen LogP contribution is 2.48. The van der Waals surface area contributed by atoms with E-state index in [1.165, 1.54) is 0 Å². The van der Waals surface area contributed by atoms with Crippen LogP contribution in [0.15, 0.2) is 42.5 Å². The zero-order chi connectivity index (χ0) is 18.7. The van der Waals surface area contributed by atoms with E-state index in [-0.39, 0.29) is 16.5 Å². The Balaban J connectivity index is 1.99. The van der Waals surface area contributed by atoms with Gasteiger partial charge in [0.2, 0.25) is 11.7 Å². The van der Waals surface area contributed by atoms with Gasteiger partial charge in [0.15, 0.2) is 11.5 Å². The van der Waals surface area contributed by atoms with Crippen molar-refractivity contribution in [3.63, 3.8) is 0 Å². The molecule has 2 unspecified atom stereocenters. The summed E-state index contributed by atoms with van der Waals surface area (Å²) in [6.07, 6.45) is 0. The molecule has 1 amide bonds. The van der Waals surface area contributed by atoms with E-state index < -0.39 is 0 Å². The highest BCUT2D eigenvalue weighted by Gasteiger charge is 2.39. The predicted octanol–water partition coefficient (Wildman–Crippen LogP) is 3.88. The second-order valence-corrected chi connectivity index (χ2v) is 7.47. The van der Waals surface area contributed by atoms with Crippen molar-refractivity contribution in [1.82, 2.24) is 4.90 Å². The standard InChI is InChI=1S/C20H23NO4S/c1-13-19(22)21(12-14-8-6-5-7-9-14)20(26-13)15-10-16(23-2)18(25-4)17(11-15)24-3/h5-11,13,20H,12H2,1-4H3. The summed E-state index contributed by atoms with van der Waals surface area (Å²) in [5, 5.41) is -0.200. The number of thioether (sulfide) groups is 1. The average molecular weight is 373 g/mol. The van der Waals surface area contributed by atoms with E-state index in [0.29, 0.717) is 23.8 Å². The molecule has 0 aliphatic carbocycles. The Labute approximate surface area is 158 Å². The Morgan fingerprint density at radius 1 is 1.00 bits per heavy atom. The summed E-state index contributed by atoms with van der Waals surface area (Å²) in [5.41, 5.74) is 2.06. The molecule has 1 fully saturated rings. The summed E-state index contributed by atoms with van der Waals surface area (Å²) < 4.78 is 16.3. The lowest BCUT2D eigenvalue weighted by Gasteiger charge is -2.25. The molecular weight excluding hydrogens is 350 g/mol. The number of carbonyl (C=O) groups is 1. The van der Waals surface area contributed by atoms with E-state index in [2.05, 4.69) is 0 Å². The van der Waals surface area contributed by atoms with Crippen molar-refractivity contribution in [3.8, 4) is 17.2 Å². The molecule has 26 heavy (non-hydrogen) atoms. The molecule has 1 aliphatic rings. The fraction of sp³-hybridized carbons (Fsp3) is 0.350. The number of carbonyl (C=O) groups excluding carboxylic acids is 1. The van der Waals surface area contributed by atoms with Crippen LogP contribution in [0.1, 0.15) is 23.4 Å². The van der Waals surface area contributed by atoms with Gasteiger partial charge in [0, 0.05) is 6.54 Å². The minimum Gasteiger partial charge on any atom is -0.493 e. The molecule has 6 heteroatoms.